The number of nitrogens with two attached hydrogens (primary N) is 1. The van der Waals surface area contributed by atoms with Gasteiger partial charge in [0.25, 0.3) is 0 Å². The van der Waals surface area contributed by atoms with E-state index in [1.54, 1.807) is 6.07 Å². The molecule has 2 N–H and O–H groups in total. The van der Waals surface area contributed by atoms with Crippen LogP contribution in [0, 0.1) is 0 Å². The smallest absolute Gasteiger partial charge is 0.0715 e. The molecule has 0 spiro atoms. The van der Waals surface area contributed by atoms with Crippen molar-refractivity contribution in [2.45, 2.75) is 0 Å². The molecule has 0 saturated heterocycles. The number of rotatable bonds is 2. The van der Waals surface area contributed by atoms with Crippen LogP contribution in [0.1, 0.15) is 0 Å². The van der Waals surface area contributed by atoms with Crippen LogP contribution >= 0.6 is 11.6 Å². The summed E-state index contributed by atoms with van der Waals surface area (Å²) in [5, 5.41) is 1.77. The van der Waals surface area contributed by atoms with Crippen molar-refractivity contribution < 1.29 is 0 Å². The van der Waals surface area contributed by atoms with Crippen molar-refractivity contribution in [1.29, 1.82) is 0 Å². The minimum absolute atomic E-state index is 0.672. The monoisotopic (exact) mass is 330 g/mol. The number of nitrogen functional groups attached to an aromatic ring is 1. The number of anilines is 1. The molecule has 0 saturated carbocycles. The molecular weight excluding hydrogens is 316 g/mol. The first-order valence-electron chi connectivity index (χ1n) is 7.72. The Kier molecular flexibility index (Phi) is 3.68. The molecule has 0 fully saturated rings. The average molecular weight is 331 g/mol. The Morgan fingerprint density at radius 2 is 1.54 bits per heavy atom. The van der Waals surface area contributed by atoms with Gasteiger partial charge in [0.15, 0.2) is 0 Å². The Bertz CT molecular complexity index is 1030. The number of pyridine rings is 1. The number of hydrogen-bond acceptors (Lipinski definition) is 2. The maximum atomic E-state index is 6.12. The average Bonchev–Trinajstić information content (AvgIpc) is 2.63. The van der Waals surface area contributed by atoms with Crippen LogP contribution in [0.4, 0.5) is 5.69 Å². The summed E-state index contributed by atoms with van der Waals surface area (Å²) < 4.78 is 0. The fourth-order valence-electron chi connectivity index (χ4n) is 2.83. The van der Waals surface area contributed by atoms with Crippen LogP contribution in [0.2, 0.25) is 5.02 Å². The topological polar surface area (TPSA) is 38.9 Å². The molecular formula is C21H15ClN2. The fraction of sp³-hybridized carbons (Fsp3) is 0. The van der Waals surface area contributed by atoms with Gasteiger partial charge >= 0.3 is 0 Å². The van der Waals surface area contributed by atoms with E-state index in [9.17, 15) is 0 Å². The molecule has 0 atom stereocenters. The lowest BCUT2D eigenvalue weighted by molar-refractivity contribution is 1.40. The van der Waals surface area contributed by atoms with E-state index in [1.807, 2.05) is 42.5 Å². The molecule has 3 aromatic carbocycles. The maximum absolute atomic E-state index is 6.12. The normalized spacial score (nSPS) is 10.9. The lowest BCUT2D eigenvalue weighted by atomic mass is 10.0. The quantitative estimate of drug-likeness (QED) is 0.471. The number of benzene rings is 3. The second kappa shape index (κ2) is 5.99. The van der Waals surface area contributed by atoms with Crippen molar-refractivity contribution in [3.8, 4) is 22.4 Å². The third kappa shape index (κ3) is 2.72. The van der Waals surface area contributed by atoms with E-state index in [0.717, 1.165) is 33.3 Å². The summed E-state index contributed by atoms with van der Waals surface area (Å²) in [4.78, 5) is 4.81. The van der Waals surface area contributed by atoms with Gasteiger partial charge in [-0.3, -0.25) is 0 Å². The third-order valence-electron chi connectivity index (χ3n) is 4.09. The van der Waals surface area contributed by atoms with Gasteiger partial charge in [0.1, 0.15) is 0 Å². The van der Waals surface area contributed by atoms with Gasteiger partial charge in [0.2, 0.25) is 0 Å². The van der Waals surface area contributed by atoms with E-state index < -0.39 is 0 Å². The van der Waals surface area contributed by atoms with Crippen molar-refractivity contribution in [2.24, 2.45) is 0 Å². The predicted molar refractivity (Wildman–Crippen MR) is 102 cm³/mol. The molecule has 1 heterocycles. The number of halogens is 1. The predicted octanol–water partition coefficient (Wildman–Crippen LogP) is 5.80. The van der Waals surface area contributed by atoms with Crippen LogP contribution in [0.5, 0.6) is 0 Å². The minimum atomic E-state index is 0.672. The number of hydrogen-bond donors (Lipinski definition) is 1. The highest BCUT2D eigenvalue weighted by Gasteiger charge is 2.07. The van der Waals surface area contributed by atoms with Crippen LogP contribution in [0.3, 0.4) is 0 Å². The summed E-state index contributed by atoms with van der Waals surface area (Å²) in [6.07, 6.45) is 0. The zero-order valence-corrected chi connectivity index (χ0v) is 13.7. The second-order valence-electron chi connectivity index (χ2n) is 5.70. The Labute approximate surface area is 145 Å². The van der Waals surface area contributed by atoms with Gasteiger partial charge in [-0.25, -0.2) is 4.98 Å². The Balaban J connectivity index is 1.86. The van der Waals surface area contributed by atoms with Crippen molar-refractivity contribution >= 4 is 28.2 Å². The van der Waals surface area contributed by atoms with Gasteiger partial charge in [0, 0.05) is 27.2 Å². The van der Waals surface area contributed by atoms with Crippen LogP contribution in [0.25, 0.3) is 33.3 Å². The third-order valence-corrected chi connectivity index (χ3v) is 4.32. The molecule has 0 unspecified atom stereocenters. The summed E-state index contributed by atoms with van der Waals surface area (Å²) in [5.41, 5.74) is 11.8. The van der Waals surface area contributed by atoms with Crippen LogP contribution in [0.15, 0.2) is 78.9 Å². The maximum Gasteiger partial charge on any atom is 0.0715 e. The van der Waals surface area contributed by atoms with E-state index in [1.165, 1.54) is 0 Å². The molecule has 2 nitrogen and oxygen atoms in total. The van der Waals surface area contributed by atoms with Gasteiger partial charge in [-0.1, -0.05) is 60.1 Å². The molecule has 0 aliphatic heterocycles. The summed E-state index contributed by atoms with van der Waals surface area (Å²) in [6.45, 7) is 0. The zero-order chi connectivity index (χ0) is 16.5. The molecule has 1 aromatic heterocycles. The molecule has 0 amide bonds. The van der Waals surface area contributed by atoms with E-state index in [4.69, 9.17) is 22.3 Å². The molecule has 0 radical (unpaired) electrons. The van der Waals surface area contributed by atoms with Gasteiger partial charge in [-0.2, -0.15) is 0 Å². The van der Waals surface area contributed by atoms with E-state index >= 15 is 0 Å². The van der Waals surface area contributed by atoms with Crippen LogP contribution < -0.4 is 5.73 Å². The van der Waals surface area contributed by atoms with Crippen molar-refractivity contribution in [1.82, 2.24) is 4.98 Å². The second-order valence-corrected chi connectivity index (χ2v) is 6.14. The molecule has 0 bridgehead atoms. The summed E-state index contributed by atoms with van der Waals surface area (Å²) in [5.74, 6) is 0. The van der Waals surface area contributed by atoms with Crippen LogP contribution in [-0.2, 0) is 0 Å². The van der Waals surface area contributed by atoms with E-state index in [0.29, 0.717) is 10.7 Å². The van der Waals surface area contributed by atoms with Crippen molar-refractivity contribution in [2.75, 3.05) is 5.73 Å². The summed E-state index contributed by atoms with van der Waals surface area (Å²) in [6, 6.07) is 26.0. The largest absolute Gasteiger partial charge is 0.398 e. The summed E-state index contributed by atoms with van der Waals surface area (Å²) in [7, 11) is 0. The minimum Gasteiger partial charge on any atom is -0.398 e. The van der Waals surface area contributed by atoms with Gasteiger partial charge in [0.05, 0.1) is 11.2 Å². The fourth-order valence-corrected chi connectivity index (χ4v) is 3.01. The lowest BCUT2D eigenvalue weighted by Crippen LogP contribution is -1.91. The standard InChI is InChI=1S/C21H15ClN2/c22-17-9-10-19(23)18(13-17)16-7-6-15-8-11-20(24-21(15)12-16)14-4-2-1-3-5-14/h1-13H,23H2. The molecule has 0 aliphatic carbocycles. The highest BCUT2D eigenvalue weighted by Crippen LogP contribution is 2.31. The molecule has 0 aliphatic rings. The number of aromatic nitrogens is 1. The first-order chi connectivity index (χ1) is 11.7. The Morgan fingerprint density at radius 1 is 0.750 bits per heavy atom. The molecule has 4 aromatic rings. The Hall–Kier alpha value is -2.84. The SMILES string of the molecule is Nc1ccc(Cl)cc1-c1ccc2ccc(-c3ccccc3)nc2c1. The van der Waals surface area contributed by atoms with E-state index in [2.05, 4.69) is 30.3 Å². The van der Waals surface area contributed by atoms with Gasteiger partial charge < -0.3 is 5.73 Å². The van der Waals surface area contributed by atoms with Gasteiger partial charge in [-0.05, 0) is 35.9 Å². The highest BCUT2D eigenvalue weighted by atomic mass is 35.5. The lowest BCUT2D eigenvalue weighted by Gasteiger charge is -2.09. The van der Waals surface area contributed by atoms with E-state index in [-0.39, 0.29) is 0 Å². The van der Waals surface area contributed by atoms with Gasteiger partial charge in [-0.15, -0.1) is 0 Å². The summed E-state index contributed by atoms with van der Waals surface area (Å²) >= 11 is 6.12. The molecule has 24 heavy (non-hydrogen) atoms. The molecule has 3 heteroatoms. The van der Waals surface area contributed by atoms with Crippen molar-refractivity contribution in [3.63, 3.8) is 0 Å². The Morgan fingerprint density at radius 3 is 2.38 bits per heavy atom. The first-order valence-corrected chi connectivity index (χ1v) is 8.10. The molecule has 116 valence electrons. The number of nitrogens with zero attached hydrogens (tertiary/aromatic N) is 1. The molecule has 4 rings (SSSR count). The van der Waals surface area contributed by atoms with Crippen LogP contribution in [-0.4, -0.2) is 4.98 Å². The van der Waals surface area contributed by atoms with Crippen molar-refractivity contribution in [3.05, 3.63) is 83.9 Å². The zero-order valence-electron chi connectivity index (χ0n) is 12.9. The first kappa shape index (κ1) is 14.7. The highest BCUT2D eigenvalue weighted by molar-refractivity contribution is 6.31. The number of fused-ring (bicyclic) bond motifs is 1.